The van der Waals surface area contributed by atoms with Gasteiger partial charge in [0.1, 0.15) is 11.4 Å². The van der Waals surface area contributed by atoms with Crippen LogP contribution in [0.1, 0.15) is 12.5 Å². The van der Waals surface area contributed by atoms with E-state index in [2.05, 4.69) is 0 Å². The fourth-order valence-electron chi connectivity index (χ4n) is 1.59. The molecule has 1 aromatic carbocycles. The van der Waals surface area contributed by atoms with E-state index >= 15 is 0 Å². The van der Waals surface area contributed by atoms with Crippen molar-refractivity contribution in [1.82, 2.24) is 0 Å². The Kier molecular flexibility index (Phi) is 2.00. The van der Waals surface area contributed by atoms with E-state index in [9.17, 15) is 4.39 Å². The van der Waals surface area contributed by atoms with Crippen LogP contribution in [0.4, 0.5) is 10.1 Å². The average molecular weight is 195 g/mol. The van der Waals surface area contributed by atoms with Crippen LogP contribution >= 0.6 is 0 Å². The molecule has 0 aliphatic carbocycles. The van der Waals surface area contributed by atoms with Crippen LogP contribution in [-0.2, 0) is 10.3 Å². The van der Waals surface area contributed by atoms with Gasteiger partial charge < -0.3 is 9.64 Å². The summed E-state index contributed by atoms with van der Waals surface area (Å²) < 4.78 is 18.4. The SMILES string of the molecule is CN(C)c1cc(F)ccc1C1(C)CO1. The lowest BCUT2D eigenvalue weighted by Gasteiger charge is -2.19. The summed E-state index contributed by atoms with van der Waals surface area (Å²) >= 11 is 0. The van der Waals surface area contributed by atoms with Crippen molar-refractivity contribution < 1.29 is 9.13 Å². The summed E-state index contributed by atoms with van der Waals surface area (Å²) in [4.78, 5) is 1.91. The molecular weight excluding hydrogens is 181 g/mol. The summed E-state index contributed by atoms with van der Waals surface area (Å²) in [5.41, 5.74) is 1.75. The smallest absolute Gasteiger partial charge is 0.125 e. The number of ether oxygens (including phenoxy) is 1. The van der Waals surface area contributed by atoms with E-state index < -0.39 is 0 Å². The molecule has 1 aliphatic heterocycles. The third kappa shape index (κ3) is 1.48. The number of benzene rings is 1. The quantitative estimate of drug-likeness (QED) is 0.672. The summed E-state index contributed by atoms with van der Waals surface area (Å²) in [5, 5.41) is 0. The van der Waals surface area contributed by atoms with Crippen molar-refractivity contribution in [2.24, 2.45) is 0 Å². The maximum absolute atomic E-state index is 13.0. The number of halogens is 1. The first kappa shape index (κ1) is 9.46. The first-order valence-corrected chi connectivity index (χ1v) is 4.64. The highest BCUT2D eigenvalue weighted by molar-refractivity contribution is 5.56. The molecule has 1 fully saturated rings. The van der Waals surface area contributed by atoms with Gasteiger partial charge in [0, 0.05) is 25.3 Å². The Labute approximate surface area is 83.3 Å². The maximum atomic E-state index is 13.0. The van der Waals surface area contributed by atoms with Crippen LogP contribution in [0.3, 0.4) is 0 Å². The van der Waals surface area contributed by atoms with Gasteiger partial charge in [0.05, 0.1) is 6.61 Å². The minimum Gasteiger partial charge on any atom is -0.377 e. The minimum absolute atomic E-state index is 0.201. The Morgan fingerprint density at radius 2 is 2.07 bits per heavy atom. The molecule has 0 saturated carbocycles. The Balaban J connectivity index is 2.48. The van der Waals surface area contributed by atoms with Gasteiger partial charge in [-0.15, -0.1) is 0 Å². The predicted octanol–water partition coefficient (Wildman–Crippen LogP) is 2.14. The maximum Gasteiger partial charge on any atom is 0.125 e. The highest BCUT2D eigenvalue weighted by Crippen LogP contribution is 2.42. The summed E-state index contributed by atoms with van der Waals surface area (Å²) in [7, 11) is 3.81. The van der Waals surface area contributed by atoms with Crippen LogP contribution < -0.4 is 4.90 Å². The van der Waals surface area contributed by atoms with Crippen molar-refractivity contribution in [2.75, 3.05) is 25.6 Å². The third-order valence-corrected chi connectivity index (χ3v) is 2.59. The molecule has 0 N–H and O–H groups in total. The number of anilines is 1. The van der Waals surface area contributed by atoms with Gasteiger partial charge >= 0.3 is 0 Å². The molecule has 1 saturated heterocycles. The molecule has 2 nitrogen and oxygen atoms in total. The van der Waals surface area contributed by atoms with Gasteiger partial charge in [-0.25, -0.2) is 4.39 Å². The van der Waals surface area contributed by atoms with Crippen molar-refractivity contribution in [3.8, 4) is 0 Å². The van der Waals surface area contributed by atoms with Gasteiger partial charge in [-0.1, -0.05) is 6.07 Å². The summed E-state index contributed by atoms with van der Waals surface area (Å²) in [5.74, 6) is -0.207. The lowest BCUT2D eigenvalue weighted by Crippen LogP contribution is -2.15. The molecule has 0 radical (unpaired) electrons. The standard InChI is InChI=1S/C11H14FNO/c1-11(7-14-11)9-5-4-8(12)6-10(9)13(2)3/h4-6H,7H2,1-3H3. The van der Waals surface area contributed by atoms with Crippen LogP contribution in [-0.4, -0.2) is 20.7 Å². The Morgan fingerprint density at radius 3 is 2.57 bits per heavy atom. The molecular formula is C11H14FNO. The number of epoxide rings is 1. The van der Waals surface area contributed by atoms with Crippen LogP contribution in [0.5, 0.6) is 0 Å². The second-order valence-corrected chi connectivity index (χ2v) is 4.08. The predicted molar refractivity (Wildman–Crippen MR) is 54.0 cm³/mol. The Hall–Kier alpha value is -1.09. The monoisotopic (exact) mass is 195 g/mol. The van der Waals surface area contributed by atoms with Crippen molar-refractivity contribution in [2.45, 2.75) is 12.5 Å². The third-order valence-electron chi connectivity index (χ3n) is 2.59. The lowest BCUT2D eigenvalue weighted by atomic mass is 9.99. The first-order chi connectivity index (χ1) is 6.53. The van der Waals surface area contributed by atoms with Crippen LogP contribution in [0, 0.1) is 5.82 Å². The van der Waals surface area contributed by atoms with E-state index in [1.807, 2.05) is 25.9 Å². The fraction of sp³-hybridized carbons (Fsp3) is 0.455. The zero-order chi connectivity index (χ0) is 10.3. The van der Waals surface area contributed by atoms with E-state index in [0.29, 0.717) is 0 Å². The Morgan fingerprint density at radius 1 is 1.43 bits per heavy atom. The first-order valence-electron chi connectivity index (χ1n) is 4.64. The van der Waals surface area contributed by atoms with Crippen LogP contribution in [0.2, 0.25) is 0 Å². The molecule has 3 heteroatoms. The normalized spacial score (nSPS) is 24.9. The van der Waals surface area contributed by atoms with Crippen LogP contribution in [0.15, 0.2) is 18.2 Å². The zero-order valence-corrected chi connectivity index (χ0v) is 8.67. The number of nitrogens with zero attached hydrogens (tertiary/aromatic N) is 1. The van der Waals surface area contributed by atoms with Crippen molar-refractivity contribution in [1.29, 1.82) is 0 Å². The minimum atomic E-state index is -0.207. The Bertz CT molecular complexity index is 358. The molecule has 2 rings (SSSR count). The second kappa shape index (κ2) is 2.95. The van der Waals surface area contributed by atoms with Crippen molar-refractivity contribution in [3.05, 3.63) is 29.6 Å². The molecule has 0 bridgehead atoms. The summed E-state index contributed by atoms with van der Waals surface area (Å²) in [6, 6.07) is 4.83. The average Bonchev–Trinajstić information content (AvgIpc) is 2.84. The molecule has 14 heavy (non-hydrogen) atoms. The highest BCUT2D eigenvalue weighted by atomic mass is 19.1. The number of rotatable bonds is 2. The summed E-state index contributed by atoms with van der Waals surface area (Å²) in [6.45, 7) is 2.74. The van der Waals surface area contributed by atoms with E-state index in [-0.39, 0.29) is 11.4 Å². The van der Waals surface area contributed by atoms with Crippen molar-refractivity contribution in [3.63, 3.8) is 0 Å². The van der Waals surface area contributed by atoms with Gasteiger partial charge in [-0.3, -0.25) is 0 Å². The van der Waals surface area contributed by atoms with Crippen molar-refractivity contribution >= 4 is 5.69 Å². The van der Waals surface area contributed by atoms with E-state index in [1.165, 1.54) is 6.07 Å². The zero-order valence-electron chi connectivity index (χ0n) is 8.67. The van der Waals surface area contributed by atoms with Crippen LogP contribution in [0.25, 0.3) is 0 Å². The molecule has 1 heterocycles. The van der Waals surface area contributed by atoms with E-state index in [0.717, 1.165) is 17.9 Å². The number of hydrogen-bond donors (Lipinski definition) is 0. The topological polar surface area (TPSA) is 15.8 Å². The van der Waals surface area contributed by atoms with Gasteiger partial charge in [0.15, 0.2) is 0 Å². The van der Waals surface area contributed by atoms with Gasteiger partial charge in [0.25, 0.3) is 0 Å². The second-order valence-electron chi connectivity index (χ2n) is 4.08. The molecule has 1 aliphatic rings. The molecule has 0 aromatic heterocycles. The molecule has 1 atom stereocenters. The fourth-order valence-corrected chi connectivity index (χ4v) is 1.59. The number of hydrogen-bond acceptors (Lipinski definition) is 2. The highest BCUT2D eigenvalue weighted by Gasteiger charge is 2.43. The van der Waals surface area contributed by atoms with E-state index in [1.54, 1.807) is 12.1 Å². The largest absolute Gasteiger partial charge is 0.377 e. The van der Waals surface area contributed by atoms with Gasteiger partial charge in [0.2, 0.25) is 0 Å². The molecule has 0 spiro atoms. The molecule has 0 amide bonds. The molecule has 1 aromatic rings. The molecule has 76 valence electrons. The lowest BCUT2D eigenvalue weighted by molar-refractivity contribution is 0.329. The summed E-state index contributed by atoms with van der Waals surface area (Å²) in [6.07, 6.45) is 0. The van der Waals surface area contributed by atoms with E-state index in [4.69, 9.17) is 4.74 Å². The molecule has 1 unspecified atom stereocenters. The van der Waals surface area contributed by atoms with Gasteiger partial charge in [-0.05, 0) is 19.1 Å². The van der Waals surface area contributed by atoms with Gasteiger partial charge in [-0.2, -0.15) is 0 Å².